The highest BCUT2D eigenvalue weighted by molar-refractivity contribution is 6.08. The highest BCUT2D eigenvalue weighted by atomic mass is 16.5. The molecule has 0 spiro atoms. The number of hydrogen-bond acceptors (Lipinski definition) is 5. The molecule has 2 N–H and O–H groups in total. The third-order valence-electron chi connectivity index (χ3n) is 6.52. The number of imide groups is 1. The second-order valence-corrected chi connectivity index (χ2v) is 9.69. The Morgan fingerprint density at radius 3 is 2.51 bits per heavy atom. The van der Waals surface area contributed by atoms with E-state index < -0.39 is 17.5 Å². The monoisotopic (exact) mass is 479 g/mol. The van der Waals surface area contributed by atoms with Crippen LogP contribution in [0.2, 0.25) is 0 Å². The van der Waals surface area contributed by atoms with Crippen molar-refractivity contribution in [2.24, 2.45) is 5.92 Å². The summed E-state index contributed by atoms with van der Waals surface area (Å²) in [5.74, 6) is 0.636. The second-order valence-electron chi connectivity index (χ2n) is 9.69. The van der Waals surface area contributed by atoms with Gasteiger partial charge in [0, 0.05) is 6.42 Å². The van der Waals surface area contributed by atoms with Crippen molar-refractivity contribution in [3.8, 4) is 11.5 Å². The zero-order valence-corrected chi connectivity index (χ0v) is 20.5. The van der Waals surface area contributed by atoms with Crippen LogP contribution in [0.4, 0.5) is 4.79 Å². The Labute approximate surface area is 206 Å². The molecule has 2 aromatic carbocycles. The molecule has 186 valence electrons. The van der Waals surface area contributed by atoms with Crippen molar-refractivity contribution in [3.63, 3.8) is 0 Å². The molecule has 0 bridgehead atoms. The van der Waals surface area contributed by atoms with Crippen molar-refractivity contribution >= 4 is 17.8 Å². The number of nitrogens with zero attached hydrogens (tertiary/aromatic N) is 1. The molecule has 2 aliphatic rings. The van der Waals surface area contributed by atoms with E-state index in [2.05, 4.69) is 10.6 Å². The van der Waals surface area contributed by atoms with Gasteiger partial charge in [-0.15, -0.1) is 0 Å². The van der Waals surface area contributed by atoms with E-state index in [1.807, 2.05) is 62.4 Å². The lowest BCUT2D eigenvalue weighted by Gasteiger charge is -2.25. The van der Waals surface area contributed by atoms with Crippen molar-refractivity contribution in [2.75, 3.05) is 19.8 Å². The summed E-state index contributed by atoms with van der Waals surface area (Å²) in [6.07, 6.45) is 1.90. The molecule has 0 unspecified atom stereocenters. The third kappa shape index (κ3) is 5.58. The van der Waals surface area contributed by atoms with E-state index in [0.717, 1.165) is 22.4 Å². The van der Waals surface area contributed by atoms with Crippen LogP contribution in [-0.2, 0) is 16.0 Å². The number of fused-ring (bicyclic) bond motifs is 1. The lowest BCUT2D eigenvalue weighted by atomic mass is 9.93. The van der Waals surface area contributed by atoms with E-state index in [0.29, 0.717) is 37.6 Å². The van der Waals surface area contributed by atoms with Gasteiger partial charge in [0.25, 0.3) is 5.91 Å². The fourth-order valence-electron chi connectivity index (χ4n) is 4.47. The van der Waals surface area contributed by atoms with Crippen LogP contribution in [0.3, 0.4) is 0 Å². The molecule has 0 aromatic heterocycles. The highest BCUT2D eigenvalue weighted by Crippen LogP contribution is 2.34. The first-order valence-electron chi connectivity index (χ1n) is 12.1. The normalized spacial score (nSPS) is 20.4. The van der Waals surface area contributed by atoms with Crippen molar-refractivity contribution in [1.29, 1.82) is 0 Å². The number of rotatable bonds is 8. The first-order chi connectivity index (χ1) is 16.8. The van der Waals surface area contributed by atoms with Gasteiger partial charge in [0.2, 0.25) is 5.91 Å². The minimum Gasteiger partial charge on any atom is -0.490 e. The lowest BCUT2D eigenvalue weighted by molar-refractivity contribution is -0.135. The summed E-state index contributed by atoms with van der Waals surface area (Å²) in [5, 5.41) is 5.78. The highest BCUT2D eigenvalue weighted by Gasteiger charge is 2.48. The summed E-state index contributed by atoms with van der Waals surface area (Å²) in [5.41, 5.74) is 0.920. The van der Waals surface area contributed by atoms with Crippen molar-refractivity contribution in [2.45, 2.75) is 51.6 Å². The fraction of sp³-hybridized carbons (Fsp3) is 0.444. The number of hydrogen-bond donors (Lipinski definition) is 2. The maximum atomic E-state index is 13.1. The van der Waals surface area contributed by atoms with Gasteiger partial charge in [-0.3, -0.25) is 14.5 Å². The lowest BCUT2D eigenvalue weighted by Crippen LogP contribution is -2.46. The van der Waals surface area contributed by atoms with Crippen LogP contribution in [0.25, 0.3) is 0 Å². The molecule has 35 heavy (non-hydrogen) atoms. The van der Waals surface area contributed by atoms with Gasteiger partial charge >= 0.3 is 6.03 Å². The molecule has 4 rings (SSSR count). The number of carbonyl (C=O) groups excluding carboxylic acids is 3. The van der Waals surface area contributed by atoms with Gasteiger partial charge in [-0.2, -0.15) is 0 Å². The summed E-state index contributed by atoms with van der Waals surface area (Å²) in [6, 6.07) is 14.6. The van der Waals surface area contributed by atoms with Crippen LogP contribution in [0, 0.1) is 5.92 Å². The average molecular weight is 480 g/mol. The van der Waals surface area contributed by atoms with Gasteiger partial charge in [-0.05, 0) is 48.9 Å². The predicted molar refractivity (Wildman–Crippen MR) is 131 cm³/mol. The zero-order chi connectivity index (χ0) is 25.0. The SMILES string of the molecule is CC(C)[C@H](NC(=O)CN1C(=O)N[C@@](C)(CCc2ccccc2)C1=O)c1ccc2c(c1)OCCCO2. The van der Waals surface area contributed by atoms with Crippen LogP contribution in [0.5, 0.6) is 11.5 Å². The second kappa shape index (κ2) is 10.4. The van der Waals surface area contributed by atoms with E-state index in [1.54, 1.807) is 6.92 Å². The number of ether oxygens (including phenoxy) is 2. The molecule has 0 radical (unpaired) electrons. The molecule has 1 saturated heterocycles. The molecule has 0 saturated carbocycles. The zero-order valence-electron chi connectivity index (χ0n) is 20.5. The summed E-state index contributed by atoms with van der Waals surface area (Å²) >= 11 is 0. The van der Waals surface area contributed by atoms with Crippen LogP contribution < -0.4 is 20.1 Å². The number of benzene rings is 2. The standard InChI is InChI=1S/C27H33N3O5/c1-18(2)24(20-10-11-21-22(16-20)35-15-7-14-34-21)28-23(31)17-30-25(32)27(3,29-26(30)33)13-12-19-8-5-4-6-9-19/h4-6,8-11,16,18,24H,7,12-15,17H2,1-3H3,(H,28,31)(H,29,33)/t24-,27-/m0/s1. The summed E-state index contributed by atoms with van der Waals surface area (Å²) in [4.78, 5) is 39.7. The Morgan fingerprint density at radius 2 is 1.80 bits per heavy atom. The van der Waals surface area contributed by atoms with Gasteiger partial charge in [0.05, 0.1) is 19.3 Å². The first-order valence-corrected chi connectivity index (χ1v) is 12.1. The van der Waals surface area contributed by atoms with Gasteiger partial charge in [-0.25, -0.2) is 4.79 Å². The Kier molecular flexibility index (Phi) is 7.28. The van der Waals surface area contributed by atoms with E-state index in [-0.39, 0.29) is 24.4 Å². The first kappa shape index (κ1) is 24.6. The quantitative estimate of drug-likeness (QED) is 0.564. The summed E-state index contributed by atoms with van der Waals surface area (Å²) < 4.78 is 11.5. The average Bonchev–Trinajstić information content (AvgIpc) is 3.00. The van der Waals surface area contributed by atoms with Crippen LogP contribution in [-0.4, -0.2) is 48.0 Å². The van der Waals surface area contributed by atoms with Gasteiger partial charge < -0.3 is 20.1 Å². The number of nitrogens with one attached hydrogen (secondary N) is 2. The third-order valence-corrected chi connectivity index (χ3v) is 6.52. The van der Waals surface area contributed by atoms with Crippen LogP contribution >= 0.6 is 0 Å². The number of urea groups is 1. The number of carbonyl (C=O) groups is 3. The maximum absolute atomic E-state index is 13.1. The van der Waals surface area contributed by atoms with Gasteiger partial charge in [-0.1, -0.05) is 50.2 Å². The molecule has 2 aromatic rings. The topological polar surface area (TPSA) is 97.0 Å². The molecular formula is C27H33N3O5. The largest absolute Gasteiger partial charge is 0.490 e. The molecule has 0 aliphatic carbocycles. The molecular weight excluding hydrogens is 446 g/mol. The van der Waals surface area contributed by atoms with E-state index >= 15 is 0 Å². The maximum Gasteiger partial charge on any atom is 0.325 e. The predicted octanol–water partition coefficient (Wildman–Crippen LogP) is 3.60. The Bertz CT molecular complexity index is 1090. The molecule has 2 atom stereocenters. The molecule has 8 heteroatoms. The minimum atomic E-state index is -1.04. The molecule has 1 fully saturated rings. The number of amides is 4. The van der Waals surface area contributed by atoms with E-state index in [9.17, 15) is 14.4 Å². The van der Waals surface area contributed by atoms with Gasteiger partial charge in [0.1, 0.15) is 12.1 Å². The minimum absolute atomic E-state index is 0.0722. The van der Waals surface area contributed by atoms with E-state index in [1.165, 1.54) is 0 Å². The Morgan fingerprint density at radius 1 is 1.09 bits per heavy atom. The van der Waals surface area contributed by atoms with Gasteiger partial charge in [0.15, 0.2) is 11.5 Å². The van der Waals surface area contributed by atoms with Crippen LogP contribution in [0.1, 0.15) is 50.8 Å². The summed E-state index contributed by atoms with van der Waals surface area (Å²) in [6.45, 7) is 6.56. The fourth-order valence-corrected chi connectivity index (χ4v) is 4.47. The van der Waals surface area contributed by atoms with Crippen LogP contribution in [0.15, 0.2) is 48.5 Å². The molecule has 4 amide bonds. The summed E-state index contributed by atoms with van der Waals surface area (Å²) in [7, 11) is 0. The molecule has 8 nitrogen and oxygen atoms in total. The smallest absolute Gasteiger partial charge is 0.325 e. The Balaban J connectivity index is 1.41. The molecule has 2 aliphatic heterocycles. The molecule has 2 heterocycles. The van der Waals surface area contributed by atoms with Crippen molar-refractivity contribution < 1.29 is 23.9 Å². The van der Waals surface area contributed by atoms with E-state index in [4.69, 9.17) is 9.47 Å². The van der Waals surface area contributed by atoms with Crippen molar-refractivity contribution in [3.05, 3.63) is 59.7 Å². The number of aryl methyl sites for hydroxylation is 1. The Hall–Kier alpha value is -3.55. The van der Waals surface area contributed by atoms with Crippen molar-refractivity contribution in [1.82, 2.24) is 15.5 Å².